The van der Waals surface area contributed by atoms with Crippen LogP contribution < -0.4 is 5.32 Å². The van der Waals surface area contributed by atoms with Crippen LogP contribution in [0.1, 0.15) is 56.4 Å². The van der Waals surface area contributed by atoms with E-state index >= 15 is 0 Å². The number of thiophene rings is 1. The molecule has 0 spiro atoms. The van der Waals surface area contributed by atoms with E-state index in [2.05, 4.69) is 41.7 Å². The first kappa shape index (κ1) is 13.6. The highest BCUT2D eigenvalue weighted by atomic mass is 32.1. The lowest BCUT2D eigenvalue weighted by molar-refractivity contribution is 0.142. The van der Waals surface area contributed by atoms with Gasteiger partial charge in [-0.2, -0.15) is 0 Å². The fourth-order valence-corrected chi connectivity index (χ4v) is 4.74. The van der Waals surface area contributed by atoms with E-state index in [-0.39, 0.29) is 0 Å². The van der Waals surface area contributed by atoms with Crippen molar-refractivity contribution in [2.75, 3.05) is 7.05 Å². The molecule has 3 heterocycles. The highest BCUT2D eigenvalue weighted by Crippen LogP contribution is 2.35. The van der Waals surface area contributed by atoms with E-state index in [4.69, 9.17) is 0 Å². The van der Waals surface area contributed by atoms with Gasteiger partial charge >= 0.3 is 0 Å². The second-order valence-corrected chi connectivity index (χ2v) is 7.22. The van der Waals surface area contributed by atoms with Gasteiger partial charge in [-0.15, -0.1) is 11.3 Å². The molecule has 3 heteroatoms. The fraction of sp³-hybridized carbons (Fsp3) is 0.750. The Labute approximate surface area is 121 Å². The number of hydrogen-bond donors (Lipinski definition) is 1. The number of nitrogens with one attached hydrogen (secondary N) is 1. The second kappa shape index (κ2) is 5.94. The number of rotatable bonds is 5. The van der Waals surface area contributed by atoms with Gasteiger partial charge in [-0.1, -0.05) is 19.4 Å². The van der Waals surface area contributed by atoms with Crippen LogP contribution in [0, 0.1) is 0 Å². The molecule has 19 heavy (non-hydrogen) atoms. The van der Waals surface area contributed by atoms with Gasteiger partial charge in [0.05, 0.1) is 0 Å². The molecule has 0 radical (unpaired) electrons. The number of piperidine rings is 1. The van der Waals surface area contributed by atoms with E-state index in [1.165, 1.54) is 43.4 Å². The third-order valence-corrected chi connectivity index (χ3v) is 5.99. The fourth-order valence-electron chi connectivity index (χ4n) is 3.92. The van der Waals surface area contributed by atoms with Gasteiger partial charge in [0.15, 0.2) is 0 Å². The monoisotopic (exact) mass is 278 g/mol. The van der Waals surface area contributed by atoms with Crippen LogP contribution in [-0.4, -0.2) is 30.1 Å². The molecule has 2 bridgehead atoms. The van der Waals surface area contributed by atoms with Gasteiger partial charge in [0.25, 0.3) is 0 Å². The van der Waals surface area contributed by atoms with Crippen LogP contribution in [0.3, 0.4) is 0 Å². The molecule has 3 rings (SSSR count). The van der Waals surface area contributed by atoms with Crippen LogP contribution >= 0.6 is 11.3 Å². The Morgan fingerprint density at radius 2 is 2.11 bits per heavy atom. The maximum atomic E-state index is 3.96. The van der Waals surface area contributed by atoms with Gasteiger partial charge in [-0.3, -0.25) is 0 Å². The Morgan fingerprint density at radius 3 is 2.68 bits per heavy atom. The third kappa shape index (κ3) is 2.88. The van der Waals surface area contributed by atoms with Crippen LogP contribution in [0.25, 0.3) is 0 Å². The first-order chi connectivity index (χ1) is 9.28. The summed E-state index contributed by atoms with van der Waals surface area (Å²) in [7, 11) is 2.32. The lowest BCUT2D eigenvalue weighted by Gasteiger charge is -2.38. The molecule has 0 aromatic carbocycles. The zero-order valence-electron chi connectivity index (χ0n) is 12.1. The third-order valence-electron chi connectivity index (χ3n) is 5.00. The lowest BCUT2D eigenvalue weighted by Crippen LogP contribution is -2.47. The van der Waals surface area contributed by atoms with E-state index in [1.54, 1.807) is 0 Å². The molecule has 2 saturated heterocycles. The summed E-state index contributed by atoms with van der Waals surface area (Å²) >= 11 is 1.90. The van der Waals surface area contributed by atoms with Crippen molar-refractivity contribution in [3.63, 3.8) is 0 Å². The van der Waals surface area contributed by atoms with E-state index in [0.717, 1.165) is 18.1 Å². The van der Waals surface area contributed by atoms with Gasteiger partial charge in [-0.05, 0) is 50.6 Å². The summed E-state index contributed by atoms with van der Waals surface area (Å²) in [6.45, 7) is 2.29. The van der Waals surface area contributed by atoms with Gasteiger partial charge < -0.3 is 10.2 Å². The maximum Gasteiger partial charge on any atom is 0.0416 e. The topological polar surface area (TPSA) is 15.3 Å². The number of nitrogens with zero attached hydrogens (tertiary/aromatic N) is 1. The summed E-state index contributed by atoms with van der Waals surface area (Å²) in [5, 5.41) is 6.17. The van der Waals surface area contributed by atoms with Crippen LogP contribution in [0.5, 0.6) is 0 Å². The summed E-state index contributed by atoms with van der Waals surface area (Å²) in [6.07, 6.45) is 8.04. The molecule has 3 atom stereocenters. The van der Waals surface area contributed by atoms with Crippen molar-refractivity contribution in [1.82, 2.24) is 10.2 Å². The SMILES string of the molecule is CCCC(NC1CC2CCC(C1)N2C)c1cccs1. The summed E-state index contributed by atoms with van der Waals surface area (Å²) in [6, 6.07) is 7.46. The van der Waals surface area contributed by atoms with E-state index in [1.807, 2.05) is 11.3 Å². The molecule has 106 valence electrons. The van der Waals surface area contributed by atoms with Crippen molar-refractivity contribution in [1.29, 1.82) is 0 Å². The van der Waals surface area contributed by atoms with Crippen molar-refractivity contribution in [2.24, 2.45) is 0 Å². The van der Waals surface area contributed by atoms with Crippen LogP contribution in [0.2, 0.25) is 0 Å². The molecule has 2 fully saturated rings. The van der Waals surface area contributed by atoms with Crippen LogP contribution in [-0.2, 0) is 0 Å². The van der Waals surface area contributed by atoms with Crippen molar-refractivity contribution in [3.05, 3.63) is 22.4 Å². The Hall–Kier alpha value is -0.380. The molecular weight excluding hydrogens is 252 g/mol. The Kier molecular flexibility index (Phi) is 4.25. The highest BCUT2D eigenvalue weighted by Gasteiger charge is 2.38. The predicted octanol–water partition coefficient (Wildman–Crippen LogP) is 3.80. The van der Waals surface area contributed by atoms with Gasteiger partial charge in [0, 0.05) is 29.0 Å². The zero-order valence-corrected chi connectivity index (χ0v) is 13.0. The molecule has 2 aliphatic rings. The molecule has 0 amide bonds. The van der Waals surface area contributed by atoms with Gasteiger partial charge in [0.2, 0.25) is 0 Å². The number of fused-ring (bicyclic) bond motifs is 2. The molecule has 0 saturated carbocycles. The van der Waals surface area contributed by atoms with E-state index < -0.39 is 0 Å². The first-order valence-electron chi connectivity index (χ1n) is 7.79. The van der Waals surface area contributed by atoms with Crippen LogP contribution in [0.4, 0.5) is 0 Å². The van der Waals surface area contributed by atoms with Gasteiger partial charge in [-0.25, -0.2) is 0 Å². The van der Waals surface area contributed by atoms with E-state index in [9.17, 15) is 0 Å². The second-order valence-electron chi connectivity index (χ2n) is 6.24. The van der Waals surface area contributed by atoms with E-state index in [0.29, 0.717) is 6.04 Å². The minimum Gasteiger partial charge on any atom is -0.306 e. The Morgan fingerprint density at radius 1 is 1.37 bits per heavy atom. The van der Waals surface area contributed by atoms with Gasteiger partial charge in [0.1, 0.15) is 0 Å². The summed E-state index contributed by atoms with van der Waals surface area (Å²) in [5.41, 5.74) is 0. The first-order valence-corrected chi connectivity index (χ1v) is 8.67. The summed E-state index contributed by atoms with van der Waals surface area (Å²) in [5.74, 6) is 0. The molecule has 1 aromatic rings. The summed E-state index contributed by atoms with van der Waals surface area (Å²) in [4.78, 5) is 4.14. The minimum atomic E-state index is 0.581. The average Bonchev–Trinajstić information content (AvgIpc) is 2.98. The molecule has 1 N–H and O–H groups in total. The smallest absolute Gasteiger partial charge is 0.0416 e. The molecule has 1 aromatic heterocycles. The Balaban J connectivity index is 1.63. The zero-order chi connectivity index (χ0) is 13.2. The van der Waals surface area contributed by atoms with Crippen LogP contribution in [0.15, 0.2) is 17.5 Å². The normalized spacial score (nSPS) is 32.6. The van der Waals surface area contributed by atoms with Crippen molar-refractivity contribution >= 4 is 11.3 Å². The van der Waals surface area contributed by atoms with Crippen molar-refractivity contribution in [2.45, 2.75) is 69.6 Å². The van der Waals surface area contributed by atoms with Crippen molar-refractivity contribution in [3.8, 4) is 0 Å². The molecule has 2 aliphatic heterocycles. The maximum absolute atomic E-state index is 3.96. The summed E-state index contributed by atoms with van der Waals surface area (Å²) < 4.78 is 0. The predicted molar refractivity (Wildman–Crippen MR) is 82.7 cm³/mol. The Bertz CT molecular complexity index is 375. The quantitative estimate of drug-likeness (QED) is 0.881. The number of hydrogen-bond acceptors (Lipinski definition) is 3. The largest absolute Gasteiger partial charge is 0.306 e. The molecular formula is C16H26N2S. The average molecular weight is 278 g/mol. The molecule has 0 aliphatic carbocycles. The molecule has 3 unspecified atom stereocenters. The highest BCUT2D eigenvalue weighted by molar-refractivity contribution is 7.10. The minimum absolute atomic E-state index is 0.581. The standard InChI is InChI=1S/C16H26N2S/c1-3-5-15(16-6-4-9-19-16)17-12-10-13-7-8-14(11-12)18(13)2/h4,6,9,12-15,17H,3,5,7-8,10-11H2,1-2H3. The molecule has 2 nitrogen and oxygen atoms in total. The lowest BCUT2D eigenvalue weighted by atomic mass is 9.96. The van der Waals surface area contributed by atoms with Crippen molar-refractivity contribution < 1.29 is 0 Å².